The van der Waals surface area contributed by atoms with Crippen LogP contribution in [0.5, 0.6) is 0 Å². The molecular formula is C15H22N4O. The molecule has 1 aromatic heterocycles. The van der Waals surface area contributed by atoms with Crippen molar-refractivity contribution in [1.82, 2.24) is 10.3 Å². The molecule has 0 saturated carbocycles. The van der Waals surface area contributed by atoms with Gasteiger partial charge in [0.25, 0.3) is 5.91 Å². The van der Waals surface area contributed by atoms with Crippen molar-refractivity contribution in [2.24, 2.45) is 5.73 Å². The maximum Gasteiger partial charge on any atom is 0.252 e. The van der Waals surface area contributed by atoms with Crippen LogP contribution in [0, 0.1) is 6.92 Å². The third kappa shape index (κ3) is 2.26. The normalized spacial score (nSPS) is 28.4. The van der Waals surface area contributed by atoms with Gasteiger partial charge in [-0.3, -0.25) is 4.79 Å². The molecule has 2 bridgehead atoms. The first kappa shape index (κ1) is 13.4. The van der Waals surface area contributed by atoms with Crippen LogP contribution in [-0.2, 0) is 0 Å². The molecule has 2 fully saturated rings. The number of hydrogen-bond donors (Lipinski definition) is 2. The first-order valence-corrected chi connectivity index (χ1v) is 7.30. The lowest BCUT2D eigenvalue weighted by Gasteiger charge is -2.36. The molecule has 2 unspecified atom stereocenters. The molecule has 0 spiro atoms. The highest BCUT2D eigenvalue weighted by atomic mass is 16.1. The van der Waals surface area contributed by atoms with Gasteiger partial charge in [-0.15, -0.1) is 0 Å². The second kappa shape index (κ2) is 5.05. The Labute approximate surface area is 119 Å². The molecule has 108 valence electrons. The summed E-state index contributed by atoms with van der Waals surface area (Å²) >= 11 is 0. The summed E-state index contributed by atoms with van der Waals surface area (Å²) in [7, 11) is 2.03. The van der Waals surface area contributed by atoms with Crippen molar-refractivity contribution in [2.45, 2.75) is 50.7 Å². The Morgan fingerprint density at radius 3 is 2.65 bits per heavy atom. The predicted octanol–water partition coefficient (Wildman–Crippen LogP) is 1.21. The average Bonchev–Trinajstić information content (AvgIpc) is 2.75. The second-order valence-corrected chi connectivity index (χ2v) is 6.06. The summed E-state index contributed by atoms with van der Waals surface area (Å²) in [6.45, 7) is 1.91. The highest BCUT2D eigenvalue weighted by Gasteiger charge is 2.36. The van der Waals surface area contributed by atoms with Crippen LogP contribution in [-0.4, -0.2) is 36.1 Å². The van der Waals surface area contributed by atoms with Crippen molar-refractivity contribution in [3.8, 4) is 0 Å². The number of pyridine rings is 1. The standard InChI is InChI=1S/C15H22N4O/c1-9-5-6-17-15(13(9)14(16)20)19(2)12-7-10-3-4-11(8-12)18-10/h5-6,10-12,18H,3-4,7-8H2,1-2H3,(H2,16,20). The third-order valence-corrected chi connectivity index (χ3v) is 4.72. The fraction of sp³-hybridized carbons (Fsp3) is 0.600. The molecule has 1 aromatic rings. The molecule has 2 atom stereocenters. The van der Waals surface area contributed by atoms with Gasteiger partial charge in [-0.25, -0.2) is 4.98 Å². The molecule has 0 radical (unpaired) electrons. The van der Waals surface area contributed by atoms with Crippen molar-refractivity contribution in [2.75, 3.05) is 11.9 Å². The smallest absolute Gasteiger partial charge is 0.252 e. The fourth-order valence-corrected chi connectivity index (χ4v) is 3.63. The Hall–Kier alpha value is -1.62. The molecule has 2 aliphatic heterocycles. The van der Waals surface area contributed by atoms with Crippen LogP contribution >= 0.6 is 0 Å². The van der Waals surface area contributed by atoms with Gasteiger partial charge >= 0.3 is 0 Å². The van der Waals surface area contributed by atoms with Gasteiger partial charge in [0.05, 0.1) is 5.56 Å². The van der Waals surface area contributed by atoms with E-state index in [-0.39, 0.29) is 0 Å². The number of rotatable bonds is 3. The SMILES string of the molecule is Cc1ccnc(N(C)C2CC3CCC(C2)N3)c1C(N)=O. The van der Waals surface area contributed by atoms with E-state index in [1.54, 1.807) is 6.20 Å². The summed E-state index contributed by atoms with van der Waals surface area (Å²) in [5.74, 6) is 0.332. The third-order valence-electron chi connectivity index (χ3n) is 4.72. The number of nitrogens with zero attached hydrogens (tertiary/aromatic N) is 2. The van der Waals surface area contributed by atoms with Crippen molar-refractivity contribution in [1.29, 1.82) is 0 Å². The number of nitrogens with one attached hydrogen (secondary N) is 1. The Morgan fingerprint density at radius 2 is 2.05 bits per heavy atom. The molecule has 2 saturated heterocycles. The quantitative estimate of drug-likeness (QED) is 0.869. The number of amides is 1. The summed E-state index contributed by atoms with van der Waals surface area (Å²) in [5.41, 5.74) is 6.98. The minimum absolute atomic E-state index is 0.394. The molecule has 0 aromatic carbocycles. The zero-order valence-corrected chi connectivity index (χ0v) is 12.1. The van der Waals surface area contributed by atoms with Crippen LogP contribution < -0.4 is 16.0 Å². The van der Waals surface area contributed by atoms with Gasteiger partial charge in [0.2, 0.25) is 0 Å². The number of nitrogens with two attached hydrogens (primary N) is 1. The number of carbonyl (C=O) groups is 1. The van der Waals surface area contributed by atoms with Crippen molar-refractivity contribution >= 4 is 11.7 Å². The Kier molecular flexibility index (Phi) is 3.38. The van der Waals surface area contributed by atoms with Gasteiger partial charge in [0.1, 0.15) is 5.82 Å². The molecule has 5 heteroatoms. The zero-order chi connectivity index (χ0) is 14.3. The highest BCUT2D eigenvalue weighted by molar-refractivity contribution is 5.99. The number of piperidine rings is 1. The van der Waals surface area contributed by atoms with Gasteiger partial charge in [-0.2, -0.15) is 0 Å². The second-order valence-electron chi connectivity index (χ2n) is 6.06. The van der Waals surface area contributed by atoms with E-state index in [9.17, 15) is 4.79 Å². The maximum absolute atomic E-state index is 11.7. The lowest BCUT2D eigenvalue weighted by molar-refractivity contribution is 0.1000. The summed E-state index contributed by atoms with van der Waals surface area (Å²) in [6.07, 6.45) is 6.50. The molecule has 20 heavy (non-hydrogen) atoms. The Balaban J connectivity index is 1.89. The van der Waals surface area contributed by atoms with Crippen LogP contribution in [0.15, 0.2) is 12.3 Å². The monoisotopic (exact) mass is 274 g/mol. The largest absolute Gasteiger partial charge is 0.365 e. The molecule has 1 amide bonds. The van der Waals surface area contributed by atoms with Gasteiger partial charge in [0, 0.05) is 31.4 Å². The number of carbonyl (C=O) groups excluding carboxylic acids is 1. The van der Waals surface area contributed by atoms with E-state index in [1.165, 1.54) is 12.8 Å². The molecular weight excluding hydrogens is 252 g/mol. The highest BCUT2D eigenvalue weighted by Crippen LogP contribution is 2.32. The van der Waals surface area contributed by atoms with Gasteiger partial charge < -0.3 is 16.0 Å². The van der Waals surface area contributed by atoms with Crippen LogP contribution in [0.4, 0.5) is 5.82 Å². The van der Waals surface area contributed by atoms with E-state index < -0.39 is 5.91 Å². The lowest BCUT2D eigenvalue weighted by atomic mass is 9.97. The van der Waals surface area contributed by atoms with E-state index in [0.29, 0.717) is 23.7 Å². The van der Waals surface area contributed by atoms with Crippen LogP contribution in [0.2, 0.25) is 0 Å². The van der Waals surface area contributed by atoms with E-state index in [1.807, 2.05) is 20.0 Å². The number of primary amides is 1. The van der Waals surface area contributed by atoms with Crippen LogP contribution in [0.3, 0.4) is 0 Å². The molecule has 2 aliphatic rings. The molecule has 5 nitrogen and oxygen atoms in total. The molecule has 0 aliphatic carbocycles. The summed E-state index contributed by atoms with van der Waals surface area (Å²) in [4.78, 5) is 18.3. The number of anilines is 1. The van der Waals surface area contributed by atoms with Crippen LogP contribution in [0.25, 0.3) is 0 Å². The summed E-state index contributed by atoms with van der Waals surface area (Å²) in [6, 6.07) is 3.50. The topological polar surface area (TPSA) is 71.2 Å². The van der Waals surface area contributed by atoms with Crippen LogP contribution in [0.1, 0.15) is 41.6 Å². The van der Waals surface area contributed by atoms with E-state index in [2.05, 4.69) is 15.2 Å². The summed E-state index contributed by atoms with van der Waals surface area (Å²) < 4.78 is 0. The average molecular weight is 274 g/mol. The van der Waals surface area contributed by atoms with Gasteiger partial charge in [-0.05, 0) is 44.2 Å². The van der Waals surface area contributed by atoms with E-state index in [4.69, 9.17) is 5.73 Å². The number of fused-ring (bicyclic) bond motifs is 2. The first-order valence-electron chi connectivity index (χ1n) is 7.30. The number of aromatic nitrogens is 1. The molecule has 3 heterocycles. The number of aryl methyl sites for hydroxylation is 1. The zero-order valence-electron chi connectivity index (χ0n) is 12.1. The van der Waals surface area contributed by atoms with Crippen molar-refractivity contribution < 1.29 is 4.79 Å². The van der Waals surface area contributed by atoms with E-state index >= 15 is 0 Å². The van der Waals surface area contributed by atoms with Gasteiger partial charge in [0.15, 0.2) is 0 Å². The Bertz CT molecular complexity index is 519. The Morgan fingerprint density at radius 1 is 1.40 bits per heavy atom. The summed E-state index contributed by atoms with van der Waals surface area (Å²) in [5, 5.41) is 3.64. The molecule has 3 N–H and O–H groups in total. The minimum atomic E-state index is -0.394. The first-order chi connectivity index (χ1) is 9.56. The lowest BCUT2D eigenvalue weighted by Crippen LogP contribution is -2.47. The van der Waals surface area contributed by atoms with E-state index in [0.717, 1.165) is 24.2 Å². The maximum atomic E-state index is 11.7. The van der Waals surface area contributed by atoms with Crippen molar-refractivity contribution in [3.63, 3.8) is 0 Å². The van der Waals surface area contributed by atoms with Gasteiger partial charge in [-0.1, -0.05) is 0 Å². The predicted molar refractivity (Wildman–Crippen MR) is 78.9 cm³/mol. The minimum Gasteiger partial charge on any atom is -0.365 e. The van der Waals surface area contributed by atoms with Crippen molar-refractivity contribution in [3.05, 3.63) is 23.4 Å². The molecule has 3 rings (SSSR count). The fourth-order valence-electron chi connectivity index (χ4n) is 3.63. The number of hydrogen-bond acceptors (Lipinski definition) is 4.